The Hall–Kier alpha value is -4.88. The molecule has 2 aromatic heterocycles. The zero-order chi connectivity index (χ0) is 38.7. The first-order valence-electron chi connectivity index (χ1n) is 18.4. The van der Waals surface area contributed by atoms with Gasteiger partial charge in [0.2, 0.25) is 0 Å². The van der Waals surface area contributed by atoms with Crippen LogP contribution in [0.4, 0.5) is 19.4 Å². The summed E-state index contributed by atoms with van der Waals surface area (Å²) in [5.41, 5.74) is -0.770. The number of rotatable bonds is 11. The van der Waals surface area contributed by atoms with E-state index in [9.17, 15) is 4.79 Å². The number of hydrogen-bond donors (Lipinski definition) is 1. The third-order valence-corrected chi connectivity index (χ3v) is 9.84. The van der Waals surface area contributed by atoms with Gasteiger partial charge in [-0.05, 0) is 57.2 Å². The number of nitrogens with one attached hydrogen (secondary N) is 1. The minimum Gasteiger partial charge on any atom is -0.468 e. The number of hydrogen-bond acceptors (Lipinski definition) is 12. The Morgan fingerprint density at radius 2 is 1.87 bits per heavy atom. The van der Waals surface area contributed by atoms with E-state index in [4.69, 9.17) is 39.8 Å². The Labute approximate surface area is 318 Å². The van der Waals surface area contributed by atoms with E-state index in [2.05, 4.69) is 26.1 Å². The number of ether oxygens (including phenoxy) is 6. The fourth-order valence-corrected chi connectivity index (χ4v) is 7.01. The number of nitrogens with zero attached hydrogens (tertiary/aromatic N) is 5. The van der Waals surface area contributed by atoms with Gasteiger partial charge < -0.3 is 38.6 Å². The van der Waals surface area contributed by atoms with Crippen LogP contribution in [0.25, 0.3) is 32.9 Å². The van der Waals surface area contributed by atoms with E-state index < -0.39 is 29.4 Å². The average molecular weight is 761 g/mol. The van der Waals surface area contributed by atoms with Crippen LogP contribution >= 0.6 is 0 Å². The number of anilines is 1. The zero-order valence-corrected chi connectivity index (χ0v) is 31.6. The molecular formula is C40H46F2N6O7. The van der Waals surface area contributed by atoms with Crippen molar-refractivity contribution in [3.63, 3.8) is 0 Å². The molecule has 3 fully saturated rings. The van der Waals surface area contributed by atoms with Crippen LogP contribution < -0.4 is 19.7 Å². The summed E-state index contributed by atoms with van der Waals surface area (Å²) in [5.74, 6) is 1.71. The molecule has 7 rings (SSSR count). The first kappa shape index (κ1) is 38.4. The van der Waals surface area contributed by atoms with E-state index in [0.717, 1.165) is 32.5 Å². The molecule has 0 spiro atoms. The third kappa shape index (κ3) is 8.83. The van der Waals surface area contributed by atoms with Crippen LogP contribution in [-0.2, 0) is 18.9 Å². The van der Waals surface area contributed by atoms with Crippen molar-refractivity contribution in [2.45, 2.75) is 45.3 Å². The first-order valence-corrected chi connectivity index (χ1v) is 18.4. The van der Waals surface area contributed by atoms with Crippen molar-refractivity contribution in [3.05, 3.63) is 47.7 Å². The largest absolute Gasteiger partial charge is 0.468 e. The highest BCUT2D eigenvalue weighted by Gasteiger charge is 2.45. The molecule has 4 aromatic rings. The summed E-state index contributed by atoms with van der Waals surface area (Å²) < 4.78 is 66.5. The van der Waals surface area contributed by atoms with Crippen molar-refractivity contribution in [1.29, 1.82) is 0 Å². The molecule has 1 saturated carbocycles. The van der Waals surface area contributed by atoms with Gasteiger partial charge in [0.1, 0.15) is 34.2 Å². The number of pyridine rings is 1. The number of methoxy groups -OCH3 is 1. The second kappa shape index (κ2) is 16.1. The lowest BCUT2D eigenvalue weighted by Crippen LogP contribution is -2.46. The van der Waals surface area contributed by atoms with Crippen molar-refractivity contribution < 1.29 is 42.0 Å². The minimum absolute atomic E-state index is 0.00832. The zero-order valence-electron chi connectivity index (χ0n) is 31.6. The molecule has 2 saturated heterocycles. The first-order chi connectivity index (χ1) is 26.5. The molecule has 292 valence electrons. The Kier molecular flexibility index (Phi) is 11.2. The third-order valence-electron chi connectivity index (χ3n) is 9.84. The lowest BCUT2D eigenvalue weighted by molar-refractivity contribution is 0.0231. The van der Waals surface area contributed by atoms with Gasteiger partial charge in [-0.2, -0.15) is 9.97 Å². The molecule has 15 heteroatoms. The lowest BCUT2D eigenvalue weighted by Gasteiger charge is -2.30. The fourth-order valence-electron chi connectivity index (χ4n) is 7.01. The number of benzene rings is 2. The molecule has 4 heterocycles. The Morgan fingerprint density at radius 1 is 1.09 bits per heavy atom. The van der Waals surface area contributed by atoms with Crippen molar-refractivity contribution in [3.8, 4) is 35.4 Å². The number of morpholine rings is 1. The maximum atomic E-state index is 17.3. The highest BCUT2D eigenvalue weighted by molar-refractivity contribution is 6.03. The van der Waals surface area contributed by atoms with Crippen molar-refractivity contribution in [2.75, 3.05) is 84.6 Å². The summed E-state index contributed by atoms with van der Waals surface area (Å²) in [6.45, 7) is 10.8. The molecule has 2 aliphatic heterocycles. The Balaban J connectivity index is 1.31. The number of halogens is 2. The number of terminal acetylenes is 1. The second-order valence-electron chi connectivity index (χ2n) is 15.2. The second-order valence-corrected chi connectivity index (χ2v) is 15.2. The van der Waals surface area contributed by atoms with Crippen molar-refractivity contribution >= 4 is 33.6 Å². The number of alkyl carbamates (subject to hydrolysis) is 1. The summed E-state index contributed by atoms with van der Waals surface area (Å²) in [7, 11) is 1.48. The lowest BCUT2D eigenvalue weighted by atomic mass is 9.95. The summed E-state index contributed by atoms with van der Waals surface area (Å²) in [6, 6.07) is 5.55. The summed E-state index contributed by atoms with van der Waals surface area (Å²) in [6.07, 6.45) is 8.67. The van der Waals surface area contributed by atoms with Crippen LogP contribution in [0.2, 0.25) is 0 Å². The molecule has 1 N–H and O–H groups in total. The molecule has 1 atom stereocenters. The maximum absolute atomic E-state index is 17.3. The molecular weight excluding hydrogens is 714 g/mol. The normalized spacial score (nSPS) is 18.8. The monoisotopic (exact) mass is 760 g/mol. The van der Waals surface area contributed by atoms with Gasteiger partial charge in [0.05, 0.1) is 50.0 Å². The molecule has 0 bridgehead atoms. The Bertz CT molecular complexity index is 2100. The van der Waals surface area contributed by atoms with Crippen molar-refractivity contribution in [1.82, 2.24) is 25.2 Å². The molecule has 0 unspecified atom stereocenters. The fraction of sp³-hybridized carbons (Fsp3) is 0.500. The standard InChI is InChI=1S/C40H46F2N6O7/c1-6-28-31(41)8-7-25-17-27(54-24-50-5)18-29(32(25)28)34-33(42)35-30(19-43-34)36(48-13-16-52-21-26(20-48)44-38(49)55-39(2,3)4)46-37(45-35)53-23-40(9-10-40)22-47-11-14-51-15-12-47/h1,7-8,17-19,26H,9-16,20-24H2,2-5H3,(H,44,49)/t26-/m0/s1. The number of fused-ring (bicyclic) bond motifs is 2. The molecule has 1 aliphatic carbocycles. The number of carbonyl (C=O) groups is 1. The van der Waals surface area contributed by atoms with Gasteiger partial charge in [-0.3, -0.25) is 9.88 Å². The minimum atomic E-state index is -0.785. The van der Waals surface area contributed by atoms with Crippen molar-refractivity contribution in [2.24, 2.45) is 5.41 Å². The highest BCUT2D eigenvalue weighted by atomic mass is 19.1. The summed E-state index contributed by atoms with van der Waals surface area (Å²) in [4.78, 5) is 31.1. The van der Waals surface area contributed by atoms with Gasteiger partial charge in [0.15, 0.2) is 12.6 Å². The van der Waals surface area contributed by atoms with Gasteiger partial charge in [0.25, 0.3) is 0 Å². The topological polar surface area (TPSA) is 130 Å². The number of aromatic nitrogens is 3. The van der Waals surface area contributed by atoms with Gasteiger partial charge in [-0.1, -0.05) is 12.0 Å². The molecule has 2 aromatic carbocycles. The number of amides is 1. The average Bonchev–Trinajstić information content (AvgIpc) is 3.96. The van der Waals surface area contributed by atoms with Crippen LogP contribution in [0.5, 0.6) is 11.8 Å². The smallest absolute Gasteiger partial charge is 0.408 e. The number of carbonyl (C=O) groups excluding carboxylic acids is 1. The van der Waals surface area contributed by atoms with Gasteiger partial charge in [-0.15, -0.1) is 6.42 Å². The van der Waals surface area contributed by atoms with Gasteiger partial charge in [-0.25, -0.2) is 13.6 Å². The van der Waals surface area contributed by atoms with Crippen LogP contribution in [0.3, 0.4) is 0 Å². The Morgan fingerprint density at radius 3 is 2.60 bits per heavy atom. The van der Waals surface area contributed by atoms with Crippen LogP contribution in [-0.4, -0.2) is 117 Å². The van der Waals surface area contributed by atoms with Gasteiger partial charge >= 0.3 is 12.1 Å². The SMILES string of the molecule is C#Cc1c(F)ccc2cc(OCOC)cc(-c3ncc4c(N5CCOC[C@@H](NC(=O)OC(C)(C)C)C5)nc(OCC5(CN6CCOCC6)CC5)nc4c3F)c12. The van der Waals surface area contributed by atoms with E-state index in [1.54, 1.807) is 39.0 Å². The van der Waals surface area contributed by atoms with E-state index in [-0.39, 0.29) is 53.7 Å². The predicted molar refractivity (Wildman–Crippen MR) is 201 cm³/mol. The molecule has 1 amide bonds. The van der Waals surface area contributed by atoms with Crippen LogP contribution in [0, 0.1) is 29.4 Å². The molecule has 3 aliphatic rings. The maximum Gasteiger partial charge on any atom is 0.408 e. The van der Waals surface area contributed by atoms with E-state index in [1.807, 2.05) is 4.90 Å². The highest BCUT2D eigenvalue weighted by Crippen LogP contribution is 2.47. The van der Waals surface area contributed by atoms with E-state index in [1.165, 1.54) is 19.4 Å². The van der Waals surface area contributed by atoms with Crippen LogP contribution in [0.15, 0.2) is 30.5 Å². The molecule has 13 nitrogen and oxygen atoms in total. The van der Waals surface area contributed by atoms with Gasteiger partial charge in [0, 0.05) is 62.4 Å². The van der Waals surface area contributed by atoms with Crippen LogP contribution in [0.1, 0.15) is 39.2 Å². The molecule has 0 radical (unpaired) electrons. The van der Waals surface area contributed by atoms with E-state index >= 15 is 8.78 Å². The predicted octanol–water partition coefficient (Wildman–Crippen LogP) is 5.31. The summed E-state index contributed by atoms with van der Waals surface area (Å²) >= 11 is 0. The van der Waals surface area contributed by atoms with E-state index in [0.29, 0.717) is 60.7 Å². The summed E-state index contributed by atoms with van der Waals surface area (Å²) in [5, 5.41) is 4.01. The molecule has 55 heavy (non-hydrogen) atoms. The quantitative estimate of drug-likeness (QED) is 0.157.